The predicted molar refractivity (Wildman–Crippen MR) is 89.0 cm³/mol. The van der Waals surface area contributed by atoms with E-state index in [0.717, 1.165) is 11.8 Å². The fourth-order valence-corrected chi connectivity index (χ4v) is 3.71. The van der Waals surface area contributed by atoms with E-state index >= 15 is 0 Å². The Balaban J connectivity index is 2.42. The molecule has 21 heavy (non-hydrogen) atoms. The molecule has 1 N–H and O–H groups in total. The number of nitrogens with zero attached hydrogens (tertiary/aromatic N) is 1. The third kappa shape index (κ3) is 3.81. The molecule has 0 aliphatic rings. The Kier molecular flexibility index (Phi) is 5.05. The van der Waals surface area contributed by atoms with Crippen LogP contribution in [-0.4, -0.2) is 13.4 Å². The van der Waals surface area contributed by atoms with E-state index in [2.05, 4.69) is 25.6 Å². The van der Waals surface area contributed by atoms with Crippen molar-refractivity contribution in [2.45, 2.75) is 11.8 Å². The van der Waals surface area contributed by atoms with Crippen molar-refractivity contribution < 1.29 is 8.42 Å². The molecule has 0 amide bonds. The molecular formula is C12H8BrCl3N2O2S. The lowest BCUT2D eigenvalue weighted by atomic mass is 10.2. The zero-order valence-corrected chi connectivity index (χ0v) is 15.2. The Morgan fingerprint density at radius 2 is 1.81 bits per heavy atom. The van der Waals surface area contributed by atoms with Gasteiger partial charge in [0.25, 0.3) is 10.0 Å². The molecule has 0 unspecified atom stereocenters. The summed E-state index contributed by atoms with van der Waals surface area (Å²) in [6, 6.07) is 4.46. The minimum Gasteiger partial charge on any atom is -0.278 e. The molecular weight excluding hydrogens is 422 g/mol. The normalized spacial score (nSPS) is 11.5. The first-order valence-electron chi connectivity index (χ1n) is 5.50. The number of aromatic nitrogens is 1. The van der Waals surface area contributed by atoms with Crippen molar-refractivity contribution in [1.29, 1.82) is 0 Å². The van der Waals surface area contributed by atoms with Crippen LogP contribution in [-0.2, 0) is 10.0 Å². The number of benzene rings is 1. The van der Waals surface area contributed by atoms with Gasteiger partial charge in [-0.15, -0.1) is 0 Å². The molecule has 2 aromatic rings. The molecule has 0 aliphatic heterocycles. The van der Waals surface area contributed by atoms with Crippen LogP contribution >= 0.6 is 50.7 Å². The summed E-state index contributed by atoms with van der Waals surface area (Å²) in [5.74, 6) is 0. The van der Waals surface area contributed by atoms with Crippen molar-refractivity contribution in [2.24, 2.45) is 0 Å². The minimum absolute atomic E-state index is 0.0372. The summed E-state index contributed by atoms with van der Waals surface area (Å²) in [5, 5.41) is 0.541. The Hall–Kier alpha value is -0.530. The fourth-order valence-electron chi connectivity index (χ4n) is 1.48. The van der Waals surface area contributed by atoms with Crippen LogP contribution in [0.1, 0.15) is 5.56 Å². The number of hydrogen-bond acceptors (Lipinski definition) is 3. The molecule has 1 aromatic heterocycles. The molecule has 9 heteroatoms. The second-order valence-corrected chi connectivity index (χ2v) is 7.84. The number of aryl methyl sites for hydroxylation is 1. The van der Waals surface area contributed by atoms with Crippen molar-refractivity contribution in [1.82, 2.24) is 4.98 Å². The van der Waals surface area contributed by atoms with Crippen LogP contribution < -0.4 is 4.72 Å². The molecule has 0 atom stereocenters. The number of nitrogens with one attached hydrogen (secondary N) is 1. The van der Waals surface area contributed by atoms with E-state index in [9.17, 15) is 8.42 Å². The van der Waals surface area contributed by atoms with E-state index in [1.807, 2.05) is 6.92 Å². The van der Waals surface area contributed by atoms with Gasteiger partial charge in [0.05, 0.1) is 10.7 Å². The lowest BCUT2D eigenvalue weighted by molar-refractivity contribution is 0.601. The van der Waals surface area contributed by atoms with Crippen molar-refractivity contribution in [3.05, 3.63) is 49.6 Å². The van der Waals surface area contributed by atoms with Crippen LogP contribution in [0.5, 0.6) is 0 Å². The maximum absolute atomic E-state index is 12.3. The van der Waals surface area contributed by atoms with Crippen LogP contribution in [0.2, 0.25) is 15.2 Å². The van der Waals surface area contributed by atoms with Crippen LogP contribution in [0.25, 0.3) is 0 Å². The number of rotatable bonds is 3. The molecule has 0 saturated carbocycles. The Bertz CT molecular complexity index is 812. The Morgan fingerprint density at radius 1 is 1.14 bits per heavy atom. The van der Waals surface area contributed by atoms with Gasteiger partial charge in [-0.25, -0.2) is 13.4 Å². The van der Waals surface area contributed by atoms with Crippen molar-refractivity contribution in [3.63, 3.8) is 0 Å². The topological polar surface area (TPSA) is 59.1 Å². The first kappa shape index (κ1) is 16.8. The van der Waals surface area contributed by atoms with Crippen LogP contribution in [0.3, 0.4) is 0 Å². The van der Waals surface area contributed by atoms with Crippen molar-refractivity contribution in [3.8, 4) is 0 Å². The number of pyridine rings is 1. The first-order chi connectivity index (χ1) is 9.70. The maximum atomic E-state index is 12.3. The SMILES string of the molecule is Cc1cc(Br)c(NS(=O)(=O)c2cnc(Cl)c(Cl)c2)cc1Cl. The Morgan fingerprint density at radius 3 is 2.43 bits per heavy atom. The minimum atomic E-state index is -3.85. The van der Waals surface area contributed by atoms with Gasteiger partial charge in [0.2, 0.25) is 0 Å². The standard InChI is InChI=1S/C12H8BrCl3N2O2S/c1-6-2-8(13)11(4-9(6)14)18-21(19,20)7-3-10(15)12(16)17-5-7/h2-5,18H,1H3. The van der Waals surface area contributed by atoms with Crippen LogP contribution in [0, 0.1) is 6.92 Å². The van der Waals surface area contributed by atoms with Crippen molar-refractivity contribution in [2.75, 3.05) is 4.72 Å². The van der Waals surface area contributed by atoms with E-state index < -0.39 is 10.0 Å². The predicted octanol–water partition coefficient (Wildman–Crippen LogP) is 4.91. The van der Waals surface area contributed by atoms with Gasteiger partial charge in [-0.1, -0.05) is 34.8 Å². The summed E-state index contributed by atoms with van der Waals surface area (Å²) in [4.78, 5) is 3.62. The second-order valence-electron chi connectivity index (χ2n) is 4.13. The summed E-state index contributed by atoms with van der Waals surface area (Å²) < 4.78 is 27.6. The molecule has 0 bridgehead atoms. The number of sulfonamides is 1. The zero-order chi connectivity index (χ0) is 15.8. The molecule has 0 fully saturated rings. The Labute approximate surface area is 145 Å². The molecule has 4 nitrogen and oxygen atoms in total. The van der Waals surface area contributed by atoms with Gasteiger partial charge in [-0.3, -0.25) is 4.72 Å². The van der Waals surface area contributed by atoms with Gasteiger partial charge in [0.15, 0.2) is 0 Å². The highest BCUT2D eigenvalue weighted by Crippen LogP contribution is 2.31. The van der Waals surface area contributed by atoms with E-state index in [0.29, 0.717) is 15.2 Å². The summed E-state index contributed by atoms with van der Waals surface area (Å²) in [6.45, 7) is 1.81. The third-order valence-corrected chi connectivity index (χ3v) is 5.66. The largest absolute Gasteiger partial charge is 0.278 e. The van der Waals surface area contributed by atoms with E-state index in [1.165, 1.54) is 12.1 Å². The number of hydrogen-bond donors (Lipinski definition) is 1. The fraction of sp³-hybridized carbons (Fsp3) is 0.0833. The van der Waals surface area contributed by atoms with E-state index in [1.54, 1.807) is 6.07 Å². The molecule has 2 rings (SSSR count). The van der Waals surface area contributed by atoms with Gasteiger partial charge in [0, 0.05) is 15.7 Å². The smallest absolute Gasteiger partial charge is 0.263 e. The number of anilines is 1. The average Bonchev–Trinajstić information content (AvgIpc) is 2.39. The van der Waals surface area contributed by atoms with Gasteiger partial charge in [-0.05, 0) is 46.6 Å². The van der Waals surface area contributed by atoms with Crippen LogP contribution in [0.4, 0.5) is 5.69 Å². The molecule has 0 aliphatic carbocycles. The van der Waals surface area contributed by atoms with Gasteiger partial charge < -0.3 is 0 Å². The highest BCUT2D eigenvalue weighted by atomic mass is 79.9. The van der Waals surface area contributed by atoms with Gasteiger partial charge in [-0.2, -0.15) is 0 Å². The third-order valence-electron chi connectivity index (χ3n) is 2.57. The summed E-state index contributed by atoms with van der Waals surface area (Å²) in [5.41, 5.74) is 1.14. The first-order valence-corrected chi connectivity index (χ1v) is 8.91. The molecule has 0 spiro atoms. The summed E-state index contributed by atoms with van der Waals surface area (Å²) >= 11 is 20.7. The average molecular weight is 431 g/mol. The molecule has 1 aromatic carbocycles. The van der Waals surface area contributed by atoms with Gasteiger partial charge in [0.1, 0.15) is 10.0 Å². The lowest BCUT2D eigenvalue weighted by Gasteiger charge is -2.11. The lowest BCUT2D eigenvalue weighted by Crippen LogP contribution is -2.13. The van der Waals surface area contributed by atoms with Crippen molar-refractivity contribution >= 4 is 66.4 Å². The molecule has 1 heterocycles. The quantitative estimate of drug-likeness (QED) is 0.704. The zero-order valence-electron chi connectivity index (χ0n) is 10.5. The monoisotopic (exact) mass is 428 g/mol. The van der Waals surface area contributed by atoms with E-state index in [-0.39, 0.29) is 15.1 Å². The molecule has 0 radical (unpaired) electrons. The molecule has 0 saturated heterocycles. The summed E-state index contributed by atoms with van der Waals surface area (Å²) in [7, 11) is -3.85. The molecule has 112 valence electrons. The van der Waals surface area contributed by atoms with Gasteiger partial charge >= 0.3 is 0 Å². The summed E-state index contributed by atoms with van der Waals surface area (Å²) in [6.07, 6.45) is 1.13. The highest BCUT2D eigenvalue weighted by Gasteiger charge is 2.18. The van der Waals surface area contributed by atoms with E-state index in [4.69, 9.17) is 34.8 Å². The maximum Gasteiger partial charge on any atom is 0.263 e. The second kappa shape index (κ2) is 6.30. The number of halogens is 4. The highest BCUT2D eigenvalue weighted by molar-refractivity contribution is 9.10. The van der Waals surface area contributed by atoms with Crippen LogP contribution in [0.15, 0.2) is 33.8 Å².